The molecule has 0 atom stereocenters. The topological polar surface area (TPSA) is 49.4 Å². The van der Waals surface area contributed by atoms with Gasteiger partial charge in [0.1, 0.15) is 11.6 Å². The first-order valence-corrected chi connectivity index (χ1v) is 9.30. The molecule has 0 saturated heterocycles. The molecule has 1 aliphatic rings. The fourth-order valence-corrected chi connectivity index (χ4v) is 3.18. The van der Waals surface area contributed by atoms with Gasteiger partial charge >= 0.3 is 0 Å². The second-order valence-corrected chi connectivity index (χ2v) is 6.67. The first-order valence-electron chi connectivity index (χ1n) is 9.30. The zero-order valence-corrected chi connectivity index (χ0v) is 15.5. The van der Waals surface area contributed by atoms with E-state index in [1.807, 2.05) is 18.2 Å². The van der Waals surface area contributed by atoms with Crippen LogP contribution in [0.4, 0.5) is 8.78 Å². The van der Waals surface area contributed by atoms with Gasteiger partial charge in [-0.05, 0) is 36.1 Å². The quantitative estimate of drug-likeness (QED) is 0.771. The molecule has 0 aliphatic carbocycles. The van der Waals surface area contributed by atoms with Gasteiger partial charge in [0.05, 0.1) is 5.56 Å². The number of carbonyl (C=O) groups is 2. The molecular weight excluding hydrogens is 362 g/mol. The Bertz CT molecular complexity index is 881. The Hall–Kier alpha value is -3.02. The molecular formula is C22H22F2N2O2. The SMILES string of the molecule is O=C(NCCCC(=O)N1CC=C(c2ccccc2)CC1)c1ccc(F)cc1F. The molecule has 1 N–H and O–H groups in total. The molecule has 146 valence electrons. The van der Waals surface area contributed by atoms with Gasteiger partial charge < -0.3 is 10.2 Å². The van der Waals surface area contributed by atoms with Crippen molar-refractivity contribution in [3.05, 3.63) is 77.4 Å². The van der Waals surface area contributed by atoms with Gasteiger partial charge in [0.2, 0.25) is 5.91 Å². The van der Waals surface area contributed by atoms with Crippen LogP contribution in [-0.2, 0) is 4.79 Å². The molecule has 2 aromatic carbocycles. The molecule has 28 heavy (non-hydrogen) atoms. The number of benzene rings is 2. The highest BCUT2D eigenvalue weighted by atomic mass is 19.1. The maximum Gasteiger partial charge on any atom is 0.254 e. The van der Waals surface area contributed by atoms with Crippen molar-refractivity contribution in [2.75, 3.05) is 19.6 Å². The van der Waals surface area contributed by atoms with Gasteiger partial charge in [0.25, 0.3) is 5.91 Å². The number of hydrogen-bond acceptors (Lipinski definition) is 2. The Morgan fingerprint density at radius 3 is 2.54 bits per heavy atom. The second kappa shape index (κ2) is 9.26. The van der Waals surface area contributed by atoms with Gasteiger partial charge in [-0.2, -0.15) is 0 Å². The van der Waals surface area contributed by atoms with Crippen LogP contribution in [0, 0.1) is 11.6 Å². The summed E-state index contributed by atoms with van der Waals surface area (Å²) >= 11 is 0. The number of amides is 2. The summed E-state index contributed by atoms with van der Waals surface area (Å²) in [5, 5.41) is 2.56. The van der Waals surface area contributed by atoms with Crippen LogP contribution in [-0.4, -0.2) is 36.3 Å². The fraction of sp³-hybridized carbons (Fsp3) is 0.273. The van der Waals surface area contributed by atoms with E-state index in [0.717, 1.165) is 18.6 Å². The zero-order chi connectivity index (χ0) is 19.9. The van der Waals surface area contributed by atoms with Gasteiger partial charge in [-0.3, -0.25) is 9.59 Å². The molecule has 0 radical (unpaired) electrons. The first kappa shape index (κ1) is 19.7. The Balaban J connectivity index is 1.41. The van der Waals surface area contributed by atoms with Crippen molar-refractivity contribution in [2.45, 2.75) is 19.3 Å². The van der Waals surface area contributed by atoms with E-state index in [1.54, 1.807) is 4.90 Å². The summed E-state index contributed by atoms with van der Waals surface area (Å²) in [6, 6.07) is 12.9. The van der Waals surface area contributed by atoms with Gasteiger partial charge in [-0.15, -0.1) is 0 Å². The minimum absolute atomic E-state index is 0.0329. The van der Waals surface area contributed by atoms with Gasteiger partial charge in [0.15, 0.2) is 0 Å². The predicted molar refractivity (Wildman–Crippen MR) is 104 cm³/mol. The molecule has 0 saturated carbocycles. The third-order valence-electron chi connectivity index (χ3n) is 4.74. The van der Waals surface area contributed by atoms with Crippen LogP contribution >= 0.6 is 0 Å². The first-order chi connectivity index (χ1) is 13.5. The summed E-state index contributed by atoms with van der Waals surface area (Å²) in [7, 11) is 0. The van der Waals surface area contributed by atoms with Crippen LogP contribution in [0.2, 0.25) is 0 Å². The number of nitrogens with zero attached hydrogens (tertiary/aromatic N) is 1. The normalized spacial score (nSPS) is 13.8. The van der Waals surface area contributed by atoms with Crippen LogP contribution < -0.4 is 5.32 Å². The molecule has 0 aromatic heterocycles. The summed E-state index contributed by atoms with van der Waals surface area (Å²) in [5.41, 5.74) is 2.23. The Morgan fingerprint density at radius 2 is 1.86 bits per heavy atom. The summed E-state index contributed by atoms with van der Waals surface area (Å²) in [6.07, 6.45) is 3.66. The van der Waals surface area contributed by atoms with Gasteiger partial charge in [0, 0.05) is 32.1 Å². The lowest BCUT2D eigenvalue weighted by Gasteiger charge is -2.26. The molecule has 0 spiro atoms. The molecule has 2 aromatic rings. The molecule has 4 nitrogen and oxygen atoms in total. The highest BCUT2D eigenvalue weighted by Gasteiger charge is 2.18. The molecule has 0 unspecified atom stereocenters. The number of rotatable bonds is 6. The van der Waals surface area contributed by atoms with Crippen molar-refractivity contribution < 1.29 is 18.4 Å². The zero-order valence-electron chi connectivity index (χ0n) is 15.5. The number of nitrogens with one attached hydrogen (secondary N) is 1. The molecule has 1 aliphatic heterocycles. The van der Waals surface area contributed by atoms with Crippen molar-refractivity contribution in [3.8, 4) is 0 Å². The summed E-state index contributed by atoms with van der Waals surface area (Å²) in [6.45, 7) is 1.50. The highest BCUT2D eigenvalue weighted by Crippen LogP contribution is 2.22. The lowest BCUT2D eigenvalue weighted by molar-refractivity contribution is -0.130. The average Bonchev–Trinajstić information content (AvgIpc) is 2.71. The maximum absolute atomic E-state index is 13.6. The predicted octanol–water partition coefficient (Wildman–Crippen LogP) is 3.79. The molecule has 0 fully saturated rings. The second-order valence-electron chi connectivity index (χ2n) is 6.67. The molecule has 1 heterocycles. The van der Waals surface area contributed by atoms with Crippen LogP contribution in [0.1, 0.15) is 35.2 Å². The molecule has 0 bridgehead atoms. The van der Waals surface area contributed by atoms with E-state index in [2.05, 4.69) is 23.5 Å². The van der Waals surface area contributed by atoms with E-state index in [1.165, 1.54) is 11.1 Å². The number of carbonyl (C=O) groups excluding carboxylic acids is 2. The largest absolute Gasteiger partial charge is 0.352 e. The molecule has 6 heteroatoms. The van der Waals surface area contributed by atoms with Crippen LogP contribution in [0.5, 0.6) is 0 Å². The number of halogens is 2. The number of hydrogen-bond donors (Lipinski definition) is 1. The van der Waals surface area contributed by atoms with Crippen LogP contribution in [0.25, 0.3) is 5.57 Å². The Morgan fingerprint density at radius 1 is 1.07 bits per heavy atom. The van der Waals surface area contributed by atoms with E-state index in [4.69, 9.17) is 0 Å². The van der Waals surface area contributed by atoms with E-state index in [-0.39, 0.29) is 18.0 Å². The van der Waals surface area contributed by atoms with Crippen molar-refractivity contribution in [3.63, 3.8) is 0 Å². The van der Waals surface area contributed by atoms with E-state index >= 15 is 0 Å². The fourth-order valence-electron chi connectivity index (χ4n) is 3.18. The van der Waals surface area contributed by atoms with E-state index in [9.17, 15) is 18.4 Å². The third kappa shape index (κ3) is 5.03. The Kier molecular flexibility index (Phi) is 6.53. The minimum Gasteiger partial charge on any atom is -0.352 e. The van der Waals surface area contributed by atoms with Gasteiger partial charge in [-0.25, -0.2) is 8.78 Å². The lowest BCUT2D eigenvalue weighted by Crippen LogP contribution is -2.35. The van der Waals surface area contributed by atoms with Crippen molar-refractivity contribution in [1.82, 2.24) is 10.2 Å². The minimum atomic E-state index is -0.900. The smallest absolute Gasteiger partial charge is 0.254 e. The maximum atomic E-state index is 13.6. The summed E-state index contributed by atoms with van der Waals surface area (Å²) in [5.74, 6) is -2.21. The van der Waals surface area contributed by atoms with Crippen molar-refractivity contribution in [1.29, 1.82) is 0 Å². The van der Waals surface area contributed by atoms with E-state index in [0.29, 0.717) is 32.0 Å². The van der Waals surface area contributed by atoms with Crippen LogP contribution in [0.15, 0.2) is 54.6 Å². The van der Waals surface area contributed by atoms with Crippen molar-refractivity contribution in [2.24, 2.45) is 0 Å². The highest BCUT2D eigenvalue weighted by molar-refractivity contribution is 5.94. The standard InChI is InChI=1S/C22H22F2N2O2/c23-18-8-9-19(20(24)15-18)22(28)25-12-4-7-21(27)26-13-10-17(11-14-26)16-5-2-1-3-6-16/h1-3,5-6,8-10,15H,4,7,11-14H2,(H,25,28). The Labute approximate surface area is 162 Å². The van der Waals surface area contributed by atoms with Crippen molar-refractivity contribution >= 4 is 17.4 Å². The van der Waals surface area contributed by atoms with Crippen LogP contribution in [0.3, 0.4) is 0 Å². The lowest BCUT2D eigenvalue weighted by atomic mass is 9.99. The summed E-state index contributed by atoms with van der Waals surface area (Å²) in [4.78, 5) is 26.0. The summed E-state index contributed by atoms with van der Waals surface area (Å²) < 4.78 is 26.5. The molecule has 2 amide bonds. The average molecular weight is 384 g/mol. The molecule has 3 rings (SSSR count). The monoisotopic (exact) mass is 384 g/mol. The third-order valence-corrected chi connectivity index (χ3v) is 4.74. The van der Waals surface area contributed by atoms with Gasteiger partial charge in [-0.1, -0.05) is 36.4 Å². The van der Waals surface area contributed by atoms with E-state index < -0.39 is 17.5 Å².